The van der Waals surface area contributed by atoms with Crippen molar-refractivity contribution in [3.8, 4) is 6.07 Å². The van der Waals surface area contributed by atoms with E-state index in [2.05, 4.69) is 11.1 Å². The summed E-state index contributed by atoms with van der Waals surface area (Å²) >= 11 is 0. The second-order valence-corrected chi connectivity index (χ2v) is 4.47. The first kappa shape index (κ1) is 13.2. The molecule has 1 rings (SSSR count). The molecule has 0 aromatic carbocycles. The third kappa shape index (κ3) is 3.06. The SMILES string of the molecule is CC(C#N)CN(C)c1nccn(C(C)C)c1=O. The molecular formula is C12H18N4O. The van der Waals surface area contributed by atoms with Crippen LogP contribution >= 0.6 is 0 Å². The van der Waals surface area contributed by atoms with E-state index < -0.39 is 0 Å². The number of anilines is 1. The van der Waals surface area contributed by atoms with E-state index in [0.29, 0.717) is 12.4 Å². The highest BCUT2D eigenvalue weighted by molar-refractivity contribution is 5.34. The minimum Gasteiger partial charge on any atom is -0.354 e. The highest BCUT2D eigenvalue weighted by atomic mass is 16.1. The fourth-order valence-corrected chi connectivity index (χ4v) is 1.62. The van der Waals surface area contributed by atoms with Gasteiger partial charge in [-0.2, -0.15) is 5.26 Å². The van der Waals surface area contributed by atoms with Crippen LogP contribution in [0.15, 0.2) is 17.2 Å². The van der Waals surface area contributed by atoms with Crippen LogP contribution in [0.3, 0.4) is 0 Å². The molecule has 1 heterocycles. The van der Waals surface area contributed by atoms with E-state index in [1.165, 1.54) is 0 Å². The van der Waals surface area contributed by atoms with Gasteiger partial charge in [-0.1, -0.05) is 0 Å². The molecule has 1 atom stereocenters. The molecule has 5 nitrogen and oxygen atoms in total. The van der Waals surface area contributed by atoms with Crippen LogP contribution in [0, 0.1) is 17.2 Å². The topological polar surface area (TPSA) is 61.9 Å². The molecule has 17 heavy (non-hydrogen) atoms. The molecule has 1 unspecified atom stereocenters. The molecule has 1 aromatic heterocycles. The van der Waals surface area contributed by atoms with Gasteiger partial charge in [-0.3, -0.25) is 4.79 Å². The minimum absolute atomic E-state index is 0.103. The average Bonchev–Trinajstić information content (AvgIpc) is 2.28. The first-order valence-electron chi connectivity index (χ1n) is 5.65. The van der Waals surface area contributed by atoms with Crippen molar-refractivity contribution in [2.75, 3.05) is 18.5 Å². The van der Waals surface area contributed by atoms with E-state index in [1.54, 1.807) is 28.9 Å². The van der Waals surface area contributed by atoms with Gasteiger partial charge in [0.2, 0.25) is 0 Å². The van der Waals surface area contributed by atoms with Crippen molar-refractivity contribution in [2.24, 2.45) is 5.92 Å². The third-order valence-electron chi connectivity index (χ3n) is 2.54. The Labute approximate surface area is 101 Å². The maximum Gasteiger partial charge on any atom is 0.293 e. The lowest BCUT2D eigenvalue weighted by Gasteiger charge is -2.20. The van der Waals surface area contributed by atoms with Crippen molar-refractivity contribution in [1.29, 1.82) is 5.26 Å². The minimum atomic E-state index is -0.131. The molecular weight excluding hydrogens is 216 g/mol. The second kappa shape index (κ2) is 5.48. The number of rotatable bonds is 4. The summed E-state index contributed by atoms with van der Waals surface area (Å²) in [5, 5.41) is 8.76. The molecule has 5 heteroatoms. The number of aromatic nitrogens is 2. The summed E-state index contributed by atoms with van der Waals surface area (Å²) in [7, 11) is 1.78. The predicted octanol–water partition coefficient (Wildman–Crippen LogP) is 1.42. The standard InChI is InChI=1S/C12H18N4O/c1-9(2)16-6-5-14-11(12(16)17)15(4)8-10(3)7-13/h5-6,9-10H,8H2,1-4H3. The van der Waals surface area contributed by atoms with Crippen LogP contribution in [0.4, 0.5) is 5.82 Å². The van der Waals surface area contributed by atoms with Crippen molar-refractivity contribution in [3.63, 3.8) is 0 Å². The van der Waals surface area contributed by atoms with Crippen LogP contribution in [0.1, 0.15) is 26.8 Å². The molecule has 0 saturated heterocycles. The normalized spacial score (nSPS) is 12.2. The molecule has 0 aliphatic rings. The fraction of sp³-hybridized carbons (Fsp3) is 0.583. The van der Waals surface area contributed by atoms with Crippen LogP contribution in [0.2, 0.25) is 0 Å². The van der Waals surface area contributed by atoms with E-state index >= 15 is 0 Å². The van der Waals surface area contributed by atoms with Gasteiger partial charge in [0.1, 0.15) is 0 Å². The molecule has 0 fully saturated rings. The molecule has 0 bridgehead atoms. The first-order valence-corrected chi connectivity index (χ1v) is 5.65. The zero-order valence-electron chi connectivity index (χ0n) is 10.7. The van der Waals surface area contributed by atoms with E-state index in [0.717, 1.165) is 0 Å². The quantitative estimate of drug-likeness (QED) is 0.790. The van der Waals surface area contributed by atoms with Crippen LogP contribution in [0.25, 0.3) is 0 Å². The summed E-state index contributed by atoms with van der Waals surface area (Å²) in [5.41, 5.74) is -0.116. The first-order chi connectivity index (χ1) is 7.97. The lowest BCUT2D eigenvalue weighted by Crippen LogP contribution is -2.33. The largest absolute Gasteiger partial charge is 0.354 e. The van der Waals surface area contributed by atoms with Crippen LogP contribution in [-0.2, 0) is 0 Å². The second-order valence-electron chi connectivity index (χ2n) is 4.47. The van der Waals surface area contributed by atoms with Gasteiger partial charge in [-0.25, -0.2) is 4.98 Å². The van der Waals surface area contributed by atoms with Gasteiger partial charge in [-0.05, 0) is 20.8 Å². The number of nitrogens with zero attached hydrogens (tertiary/aromatic N) is 4. The smallest absolute Gasteiger partial charge is 0.293 e. The third-order valence-corrected chi connectivity index (χ3v) is 2.54. The average molecular weight is 234 g/mol. The Morgan fingerprint density at radius 2 is 2.18 bits per heavy atom. The number of hydrogen-bond donors (Lipinski definition) is 0. The summed E-state index contributed by atoms with van der Waals surface area (Å²) < 4.78 is 1.63. The Kier molecular flexibility index (Phi) is 4.27. The van der Waals surface area contributed by atoms with Gasteiger partial charge >= 0.3 is 0 Å². The molecule has 0 N–H and O–H groups in total. The zero-order chi connectivity index (χ0) is 13.0. The van der Waals surface area contributed by atoms with Crippen LogP contribution in [-0.4, -0.2) is 23.1 Å². The van der Waals surface area contributed by atoms with Gasteiger partial charge in [0.25, 0.3) is 5.56 Å². The van der Waals surface area contributed by atoms with Crippen molar-refractivity contribution in [2.45, 2.75) is 26.8 Å². The Morgan fingerprint density at radius 1 is 1.53 bits per heavy atom. The zero-order valence-corrected chi connectivity index (χ0v) is 10.7. The molecule has 1 aromatic rings. The molecule has 0 aliphatic heterocycles. The van der Waals surface area contributed by atoms with Gasteiger partial charge in [-0.15, -0.1) is 0 Å². The summed E-state index contributed by atoms with van der Waals surface area (Å²) in [6.07, 6.45) is 3.29. The van der Waals surface area contributed by atoms with E-state index in [-0.39, 0.29) is 17.5 Å². The number of nitriles is 1. The van der Waals surface area contributed by atoms with E-state index in [1.807, 2.05) is 20.8 Å². The van der Waals surface area contributed by atoms with Crippen LogP contribution in [0.5, 0.6) is 0 Å². The van der Waals surface area contributed by atoms with Crippen molar-refractivity contribution in [1.82, 2.24) is 9.55 Å². The van der Waals surface area contributed by atoms with Gasteiger partial charge in [0.15, 0.2) is 5.82 Å². The Hall–Kier alpha value is -1.83. The lowest BCUT2D eigenvalue weighted by molar-refractivity contribution is 0.570. The van der Waals surface area contributed by atoms with Crippen molar-refractivity contribution < 1.29 is 0 Å². The van der Waals surface area contributed by atoms with Crippen molar-refractivity contribution in [3.05, 3.63) is 22.7 Å². The Bertz CT molecular complexity index is 472. The molecule has 0 radical (unpaired) electrons. The highest BCUT2D eigenvalue weighted by Crippen LogP contribution is 2.07. The fourth-order valence-electron chi connectivity index (χ4n) is 1.62. The summed E-state index contributed by atoms with van der Waals surface area (Å²) in [6, 6.07) is 2.25. The van der Waals surface area contributed by atoms with E-state index in [9.17, 15) is 4.79 Å². The van der Waals surface area contributed by atoms with Gasteiger partial charge in [0.05, 0.1) is 12.0 Å². The number of hydrogen-bond acceptors (Lipinski definition) is 4. The predicted molar refractivity (Wildman–Crippen MR) is 66.9 cm³/mol. The lowest BCUT2D eigenvalue weighted by atomic mass is 10.2. The van der Waals surface area contributed by atoms with Gasteiger partial charge in [0, 0.05) is 32.0 Å². The summed E-state index contributed by atoms with van der Waals surface area (Å²) in [4.78, 5) is 17.9. The molecule has 0 spiro atoms. The molecule has 0 amide bonds. The maximum absolute atomic E-state index is 12.1. The Balaban J connectivity index is 3.03. The summed E-state index contributed by atoms with van der Waals surface area (Å²) in [5.74, 6) is 0.261. The van der Waals surface area contributed by atoms with E-state index in [4.69, 9.17) is 5.26 Å². The summed E-state index contributed by atoms with van der Waals surface area (Å²) in [6.45, 7) is 6.22. The van der Waals surface area contributed by atoms with Crippen LogP contribution < -0.4 is 10.5 Å². The monoisotopic (exact) mass is 234 g/mol. The molecule has 0 saturated carbocycles. The highest BCUT2D eigenvalue weighted by Gasteiger charge is 2.13. The maximum atomic E-state index is 12.1. The molecule has 0 aliphatic carbocycles. The van der Waals surface area contributed by atoms with Gasteiger partial charge < -0.3 is 9.47 Å². The molecule has 92 valence electrons. The van der Waals surface area contributed by atoms with Crippen molar-refractivity contribution >= 4 is 5.82 Å². The Morgan fingerprint density at radius 3 is 2.71 bits per heavy atom.